The standard InChI is InChI=1S/C13H21NO2/c1-4-15-12-6-7-13(16-5-2)11(9-12)8-10(3)14/h6-7,9-10H,4-5,8,14H2,1-3H3/t10-/m1/s1. The summed E-state index contributed by atoms with van der Waals surface area (Å²) < 4.78 is 11.0. The Morgan fingerprint density at radius 3 is 2.44 bits per heavy atom. The first-order valence-corrected chi connectivity index (χ1v) is 5.81. The van der Waals surface area contributed by atoms with E-state index in [2.05, 4.69) is 0 Å². The van der Waals surface area contributed by atoms with Crippen LogP contribution in [0.5, 0.6) is 11.5 Å². The smallest absolute Gasteiger partial charge is 0.122 e. The summed E-state index contributed by atoms with van der Waals surface area (Å²) in [6, 6.07) is 6.01. The SMILES string of the molecule is CCOc1ccc(OCC)c(C[C@@H](C)N)c1. The van der Waals surface area contributed by atoms with Crippen molar-refractivity contribution in [3.63, 3.8) is 0 Å². The van der Waals surface area contributed by atoms with Gasteiger partial charge in [0.2, 0.25) is 0 Å². The van der Waals surface area contributed by atoms with E-state index in [9.17, 15) is 0 Å². The zero-order valence-corrected chi connectivity index (χ0v) is 10.3. The number of ether oxygens (including phenoxy) is 2. The fraction of sp³-hybridized carbons (Fsp3) is 0.538. The maximum Gasteiger partial charge on any atom is 0.122 e. The lowest BCUT2D eigenvalue weighted by Gasteiger charge is -2.13. The second-order valence-electron chi connectivity index (χ2n) is 3.82. The quantitative estimate of drug-likeness (QED) is 0.805. The van der Waals surface area contributed by atoms with Gasteiger partial charge in [-0.05, 0) is 51.0 Å². The van der Waals surface area contributed by atoms with Gasteiger partial charge in [0.15, 0.2) is 0 Å². The first-order chi connectivity index (χ1) is 7.67. The molecule has 0 saturated heterocycles. The van der Waals surface area contributed by atoms with Crippen LogP contribution in [-0.2, 0) is 6.42 Å². The molecule has 0 heterocycles. The molecule has 1 atom stereocenters. The molecular weight excluding hydrogens is 202 g/mol. The Morgan fingerprint density at radius 2 is 1.88 bits per heavy atom. The van der Waals surface area contributed by atoms with Crippen LogP contribution in [0.15, 0.2) is 18.2 Å². The Hall–Kier alpha value is -1.22. The highest BCUT2D eigenvalue weighted by Gasteiger charge is 2.07. The van der Waals surface area contributed by atoms with Crippen LogP contribution in [0.4, 0.5) is 0 Å². The summed E-state index contributed by atoms with van der Waals surface area (Å²) in [6.07, 6.45) is 0.802. The third-order valence-corrected chi connectivity index (χ3v) is 2.18. The molecule has 0 bridgehead atoms. The lowest BCUT2D eigenvalue weighted by atomic mass is 10.1. The fourth-order valence-electron chi connectivity index (χ4n) is 1.61. The number of rotatable bonds is 6. The van der Waals surface area contributed by atoms with Crippen molar-refractivity contribution in [3.05, 3.63) is 23.8 Å². The molecule has 16 heavy (non-hydrogen) atoms. The predicted molar refractivity (Wildman–Crippen MR) is 66.1 cm³/mol. The molecular formula is C13H21NO2. The van der Waals surface area contributed by atoms with Gasteiger partial charge in [0, 0.05) is 6.04 Å². The van der Waals surface area contributed by atoms with Crippen molar-refractivity contribution in [1.82, 2.24) is 0 Å². The van der Waals surface area contributed by atoms with E-state index >= 15 is 0 Å². The zero-order valence-electron chi connectivity index (χ0n) is 10.3. The van der Waals surface area contributed by atoms with Gasteiger partial charge in [-0.3, -0.25) is 0 Å². The Morgan fingerprint density at radius 1 is 1.19 bits per heavy atom. The average molecular weight is 223 g/mol. The second-order valence-corrected chi connectivity index (χ2v) is 3.82. The van der Waals surface area contributed by atoms with Crippen molar-refractivity contribution < 1.29 is 9.47 Å². The molecule has 0 aliphatic heterocycles. The number of hydrogen-bond donors (Lipinski definition) is 1. The van der Waals surface area contributed by atoms with Crippen LogP contribution in [0, 0.1) is 0 Å². The zero-order chi connectivity index (χ0) is 12.0. The van der Waals surface area contributed by atoms with E-state index in [1.54, 1.807) is 0 Å². The Kier molecular flexibility index (Phi) is 5.12. The van der Waals surface area contributed by atoms with Crippen molar-refractivity contribution in [2.24, 2.45) is 5.73 Å². The lowest BCUT2D eigenvalue weighted by Crippen LogP contribution is -2.18. The van der Waals surface area contributed by atoms with Crippen molar-refractivity contribution in [2.75, 3.05) is 13.2 Å². The highest BCUT2D eigenvalue weighted by Crippen LogP contribution is 2.25. The lowest BCUT2D eigenvalue weighted by molar-refractivity contribution is 0.327. The molecule has 1 aromatic carbocycles. The van der Waals surface area contributed by atoms with E-state index in [-0.39, 0.29) is 6.04 Å². The normalized spacial score (nSPS) is 12.2. The van der Waals surface area contributed by atoms with Gasteiger partial charge in [-0.25, -0.2) is 0 Å². The number of hydrogen-bond acceptors (Lipinski definition) is 3. The molecule has 3 nitrogen and oxygen atoms in total. The third-order valence-electron chi connectivity index (χ3n) is 2.18. The van der Waals surface area contributed by atoms with Gasteiger partial charge in [0.05, 0.1) is 13.2 Å². The molecule has 2 N–H and O–H groups in total. The summed E-state index contributed by atoms with van der Waals surface area (Å²) in [5.41, 5.74) is 6.93. The molecule has 0 aliphatic rings. The highest BCUT2D eigenvalue weighted by molar-refractivity contribution is 5.40. The molecule has 0 radical (unpaired) electrons. The van der Waals surface area contributed by atoms with E-state index in [1.807, 2.05) is 39.0 Å². The van der Waals surface area contributed by atoms with E-state index in [0.29, 0.717) is 13.2 Å². The number of benzene rings is 1. The van der Waals surface area contributed by atoms with Gasteiger partial charge >= 0.3 is 0 Å². The molecule has 0 fully saturated rings. The van der Waals surface area contributed by atoms with Crippen LogP contribution in [0.3, 0.4) is 0 Å². The van der Waals surface area contributed by atoms with Crippen molar-refractivity contribution >= 4 is 0 Å². The van der Waals surface area contributed by atoms with Crippen LogP contribution in [0.1, 0.15) is 26.3 Å². The summed E-state index contributed by atoms with van der Waals surface area (Å²) in [7, 11) is 0. The van der Waals surface area contributed by atoms with Crippen molar-refractivity contribution in [2.45, 2.75) is 33.2 Å². The van der Waals surface area contributed by atoms with Crippen LogP contribution < -0.4 is 15.2 Å². The number of nitrogens with two attached hydrogens (primary N) is 1. The Bertz CT molecular complexity index is 324. The minimum absolute atomic E-state index is 0.121. The average Bonchev–Trinajstić information content (AvgIpc) is 2.22. The van der Waals surface area contributed by atoms with Gasteiger partial charge in [-0.1, -0.05) is 0 Å². The van der Waals surface area contributed by atoms with Crippen LogP contribution in [0.2, 0.25) is 0 Å². The minimum atomic E-state index is 0.121. The summed E-state index contributed by atoms with van der Waals surface area (Å²) in [5.74, 6) is 1.78. The molecule has 90 valence electrons. The summed E-state index contributed by atoms with van der Waals surface area (Å²) in [5, 5.41) is 0. The van der Waals surface area contributed by atoms with Gasteiger partial charge in [0.25, 0.3) is 0 Å². The Balaban J connectivity index is 2.91. The van der Waals surface area contributed by atoms with Gasteiger partial charge in [-0.15, -0.1) is 0 Å². The fourth-order valence-corrected chi connectivity index (χ4v) is 1.61. The van der Waals surface area contributed by atoms with Gasteiger partial charge in [0.1, 0.15) is 11.5 Å². The molecule has 0 unspecified atom stereocenters. The predicted octanol–water partition coefficient (Wildman–Crippen LogP) is 2.37. The van der Waals surface area contributed by atoms with E-state index < -0.39 is 0 Å². The largest absolute Gasteiger partial charge is 0.494 e. The maximum atomic E-state index is 5.82. The molecule has 1 rings (SSSR count). The van der Waals surface area contributed by atoms with Crippen LogP contribution in [0.25, 0.3) is 0 Å². The van der Waals surface area contributed by atoms with Crippen molar-refractivity contribution in [1.29, 1.82) is 0 Å². The summed E-state index contributed by atoms with van der Waals surface area (Å²) >= 11 is 0. The highest BCUT2D eigenvalue weighted by atomic mass is 16.5. The maximum absolute atomic E-state index is 5.82. The van der Waals surface area contributed by atoms with Crippen molar-refractivity contribution in [3.8, 4) is 11.5 Å². The summed E-state index contributed by atoms with van der Waals surface area (Å²) in [4.78, 5) is 0. The second kappa shape index (κ2) is 6.38. The van der Waals surface area contributed by atoms with E-state index in [4.69, 9.17) is 15.2 Å². The first-order valence-electron chi connectivity index (χ1n) is 5.81. The third kappa shape index (κ3) is 3.74. The van der Waals surface area contributed by atoms with Crippen LogP contribution in [-0.4, -0.2) is 19.3 Å². The van der Waals surface area contributed by atoms with Gasteiger partial charge < -0.3 is 15.2 Å². The van der Waals surface area contributed by atoms with Gasteiger partial charge in [-0.2, -0.15) is 0 Å². The van der Waals surface area contributed by atoms with Crippen LogP contribution >= 0.6 is 0 Å². The molecule has 1 aromatic rings. The van der Waals surface area contributed by atoms with E-state index in [1.165, 1.54) is 0 Å². The molecule has 3 heteroatoms. The molecule has 0 spiro atoms. The monoisotopic (exact) mass is 223 g/mol. The topological polar surface area (TPSA) is 44.5 Å². The molecule has 0 amide bonds. The van der Waals surface area contributed by atoms with E-state index in [0.717, 1.165) is 23.5 Å². The Labute approximate surface area is 97.6 Å². The minimum Gasteiger partial charge on any atom is -0.494 e. The molecule has 0 saturated carbocycles. The summed E-state index contributed by atoms with van der Waals surface area (Å²) in [6.45, 7) is 7.28. The molecule has 0 aliphatic carbocycles. The molecule has 0 aromatic heterocycles. The first kappa shape index (κ1) is 12.8.